The Morgan fingerprint density at radius 1 is 0.970 bits per heavy atom. The Balaban J connectivity index is 1.63. The molecule has 0 aliphatic carbocycles. The summed E-state index contributed by atoms with van der Waals surface area (Å²) in [5.41, 5.74) is 4.00. The molecule has 8 heteroatoms. The van der Waals surface area contributed by atoms with Crippen LogP contribution in [0.3, 0.4) is 0 Å². The van der Waals surface area contributed by atoms with E-state index in [2.05, 4.69) is 5.10 Å². The molecular formula is C25H20Cl3N3O2. The first kappa shape index (κ1) is 23.3. The number of benzene rings is 2. The van der Waals surface area contributed by atoms with Crippen LogP contribution >= 0.6 is 34.8 Å². The molecule has 0 atom stereocenters. The van der Waals surface area contributed by atoms with Crippen LogP contribution in [-0.2, 0) is 20.0 Å². The van der Waals surface area contributed by atoms with E-state index in [1.807, 2.05) is 24.6 Å². The molecule has 5 nitrogen and oxygen atoms in total. The number of carbonyl (C=O) groups excluding carboxylic acids is 1. The molecule has 2 heterocycles. The van der Waals surface area contributed by atoms with Crippen LogP contribution in [0.25, 0.3) is 0 Å². The molecule has 4 aromatic rings. The summed E-state index contributed by atoms with van der Waals surface area (Å²) in [7, 11) is 1.85. The predicted molar refractivity (Wildman–Crippen MR) is 132 cm³/mol. The fourth-order valence-corrected chi connectivity index (χ4v) is 4.42. The van der Waals surface area contributed by atoms with E-state index >= 15 is 0 Å². The van der Waals surface area contributed by atoms with Crippen molar-refractivity contribution in [2.24, 2.45) is 7.05 Å². The second kappa shape index (κ2) is 9.56. The first-order chi connectivity index (χ1) is 15.7. The number of rotatable bonds is 6. The molecule has 0 aliphatic heterocycles. The molecule has 168 valence electrons. The van der Waals surface area contributed by atoms with Crippen molar-refractivity contribution in [1.29, 1.82) is 0 Å². The van der Waals surface area contributed by atoms with Crippen molar-refractivity contribution in [3.63, 3.8) is 0 Å². The molecule has 0 saturated heterocycles. The van der Waals surface area contributed by atoms with Gasteiger partial charge >= 0.3 is 0 Å². The second-order valence-electron chi connectivity index (χ2n) is 7.76. The van der Waals surface area contributed by atoms with E-state index in [1.54, 1.807) is 48.5 Å². The van der Waals surface area contributed by atoms with Crippen molar-refractivity contribution in [3.05, 3.63) is 120 Å². The third kappa shape index (κ3) is 4.91. The van der Waals surface area contributed by atoms with Crippen LogP contribution in [0.15, 0.2) is 65.5 Å². The highest BCUT2D eigenvalue weighted by Crippen LogP contribution is 2.25. The standard InChI is InChI=1S/C25H20Cl3N3O2/c1-15-12-19(30(2)24(15)25(33)16-6-8-17(26)9-7-16)13-18-10-11-23(32)31(29-18)14-20-21(27)4-3-5-22(20)28/h3-12H,13-14H2,1-2H3. The van der Waals surface area contributed by atoms with Crippen LogP contribution in [0, 0.1) is 6.92 Å². The summed E-state index contributed by atoms with van der Waals surface area (Å²) in [5.74, 6) is -0.0794. The normalized spacial score (nSPS) is 11.1. The summed E-state index contributed by atoms with van der Waals surface area (Å²) < 4.78 is 3.21. The fourth-order valence-electron chi connectivity index (χ4n) is 3.78. The van der Waals surface area contributed by atoms with Gasteiger partial charge < -0.3 is 4.57 Å². The molecule has 0 amide bonds. The molecule has 0 radical (unpaired) electrons. The molecule has 0 unspecified atom stereocenters. The minimum atomic E-state index is -0.253. The first-order valence-corrected chi connectivity index (χ1v) is 11.3. The molecule has 0 bridgehead atoms. The lowest BCUT2D eigenvalue weighted by Gasteiger charge is -2.11. The molecular weight excluding hydrogens is 481 g/mol. The number of halogens is 3. The van der Waals surface area contributed by atoms with Crippen LogP contribution in [0.1, 0.15) is 38.6 Å². The van der Waals surface area contributed by atoms with E-state index in [0.717, 1.165) is 11.3 Å². The molecule has 0 N–H and O–H groups in total. The van der Waals surface area contributed by atoms with E-state index in [-0.39, 0.29) is 17.9 Å². The van der Waals surface area contributed by atoms with Gasteiger partial charge in [0.25, 0.3) is 5.56 Å². The van der Waals surface area contributed by atoms with Crippen LogP contribution in [0.2, 0.25) is 15.1 Å². The molecule has 0 spiro atoms. The Labute approximate surface area is 206 Å². The van der Waals surface area contributed by atoms with Gasteiger partial charge in [-0.25, -0.2) is 4.68 Å². The average molecular weight is 501 g/mol. The van der Waals surface area contributed by atoms with Gasteiger partial charge in [-0.1, -0.05) is 40.9 Å². The Morgan fingerprint density at radius 2 is 1.64 bits per heavy atom. The largest absolute Gasteiger partial charge is 0.344 e. The topological polar surface area (TPSA) is 56.9 Å². The Morgan fingerprint density at radius 3 is 2.30 bits per heavy atom. The number of ketones is 1. The van der Waals surface area contributed by atoms with Gasteiger partial charge in [-0.2, -0.15) is 5.10 Å². The SMILES string of the molecule is Cc1cc(Cc2ccc(=O)n(Cc3c(Cl)cccc3Cl)n2)n(C)c1C(=O)c1ccc(Cl)cc1. The van der Waals surface area contributed by atoms with Crippen LogP contribution in [0.5, 0.6) is 0 Å². The summed E-state index contributed by atoms with van der Waals surface area (Å²) in [6.07, 6.45) is 0.446. The fraction of sp³-hybridized carbons (Fsp3) is 0.160. The van der Waals surface area contributed by atoms with Crippen LogP contribution in [-0.4, -0.2) is 20.1 Å². The van der Waals surface area contributed by atoms with Crippen molar-refractivity contribution in [2.75, 3.05) is 0 Å². The Hall–Kier alpha value is -2.86. The van der Waals surface area contributed by atoms with E-state index in [1.165, 1.54) is 10.7 Å². The van der Waals surface area contributed by atoms with Gasteiger partial charge in [0.2, 0.25) is 5.78 Å². The quantitative estimate of drug-likeness (QED) is 0.318. The monoisotopic (exact) mass is 499 g/mol. The maximum Gasteiger partial charge on any atom is 0.267 e. The highest BCUT2D eigenvalue weighted by molar-refractivity contribution is 6.36. The molecule has 0 saturated carbocycles. The van der Waals surface area contributed by atoms with Crippen molar-refractivity contribution >= 4 is 40.6 Å². The third-order valence-corrected chi connectivity index (χ3v) is 6.46. The lowest BCUT2D eigenvalue weighted by atomic mass is 10.1. The number of nitrogens with zero attached hydrogens (tertiary/aromatic N) is 3. The van der Waals surface area contributed by atoms with Gasteiger partial charge in [-0.05, 0) is 61.0 Å². The number of hydrogen-bond donors (Lipinski definition) is 0. The number of carbonyl (C=O) groups is 1. The molecule has 2 aromatic heterocycles. The number of aromatic nitrogens is 3. The molecule has 2 aromatic carbocycles. The minimum absolute atomic E-state index is 0.0794. The van der Waals surface area contributed by atoms with Crippen molar-refractivity contribution in [2.45, 2.75) is 19.9 Å². The highest BCUT2D eigenvalue weighted by atomic mass is 35.5. The minimum Gasteiger partial charge on any atom is -0.344 e. The van der Waals surface area contributed by atoms with Gasteiger partial charge in [0, 0.05) is 51.4 Å². The van der Waals surface area contributed by atoms with Gasteiger partial charge in [0.1, 0.15) is 0 Å². The lowest BCUT2D eigenvalue weighted by molar-refractivity contribution is 0.103. The van der Waals surface area contributed by atoms with Gasteiger partial charge in [0.15, 0.2) is 0 Å². The van der Waals surface area contributed by atoms with E-state index in [0.29, 0.717) is 44.0 Å². The molecule has 0 fully saturated rings. The zero-order chi connectivity index (χ0) is 23.7. The summed E-state index contributed by atoms with van der Waals surface area (Å²) in [4.78, 5) is 25.5. The molecule has 0 aliphatic rings. The van der Waals surface area contributed by atoms with Crippen LogP contribution < -0.4 is 5.56 Å². The smallest absolute Gasteiger partial charge is 0.267 e. The average Bonchev–Trinajstić information content (AvgIpc) is 3.05. The molecule has 4 rings (SSSR count). The van der Waals surface area contributed by atoms with Crippen molar-refractivity contribution < 1.29 is 4.79 Å². The van der Waals surface area contributed by atoms with Crippen molar-refractivity contribution in [1.82, 2.24) is 14.3 Å². The van der Waals surface area contributed by atoms with Gasteiger partial charge in [-0.3, -0.25) is 9.59 Å². The van der Waals surface area contributed by atoms with Crippen molar-refractivity contribution in [3.8, 4) is 0 Å². The maximum absolute atomic E-state index is 13.1. The number of hydrogen-bond acceptors (Lipinski definition) is 3. The highest BCUT2D eigenvalue weighted by Gasteiger charge is 2.19. The van der Waals surface area contributed by atoms with Gasteiger partial charge in [-0.15, -0.1) is 0 Å². The zero-order valence-corrected chi connectivity index (χ0v) is 20.2. The van der Waals surface area contributed by atoms with Gasteiger partial charge in [0.05, 0.1) is 17.9 Å². The predicted octanol–water partition coefficient (Wildman–Crippen LogP) is 5.72. The van der Waals surface area contributed by atoms with E-state index in [9.17, 15) is 9.59 Å². The molecule has 33 heavy (non-hydrogen) atoms. The lowest BCUT2D eigenvalue weighted by Crippen LogP contribution is -2.24. The summed E-state index contributed by atoms with van der Waals surface area (Å²) in [6.45, 7) is 2.07. The third-order valence-electron chi connectivity index (χ3n) is 5.50. The Bertz CT molecular complexity index is 1390. The number of aryl methyl sites for hydroxylation is 1. The Kier molecular flexibility index (Phi) is 6.75. The zero-order valence-electron chi connectivity index (χ0n) is 18.0. The second-order valence-corrected chi connectivity index (χ2v) is 9.01. The first-order valence-electron chi connectivity index (χ1n) is 10.2. The van der Waals surface area contributed by atoms with E-state index < -0.39 is 0 Å². The summed E-state index contributed by atoms with van der Waals surface area (Å²) in [6, 6.07) is 17.2. The van der Waals surface area contributed by atoms with Crippen LogP contribution in [0.4, 0.5) is 0 Å². The summed E-state index contributed by atoms with van der Waals surface area (Å²) >= 11 is 18.5. The maximum atomic E-state index is 13.1. The summed E-state index contributed by atoms with van der Waals surface area (Å²) in [5, 5.41) is 6.04. The van der Waals surface area contributed by atoms with E-state index in [4.69, 9.17) is 34.8 Å².